The highest BCUT2D eigenvalue weighted by Crippen LogP contribution is 2.28. The third-order valence-electron chi connectivity index (χ3n) is 4.66. The second-order valence-corrected chi connectivity index (χ2v) is 8.76. The van der Waals surface area contributed by atoms with Crippen LogP contribution in [0.3, 0.4) is 0 Å². The van der Waals surface area contributed by atoms with Crippen LogP contribution in [0.1, 0.15) is 12.0 Å². The van der Waals surface area contributed by atoms with Crippen LogP contribution in [0.15, 0.2) is 47.4 Å². The molecule has 7 heteroatoms. The molecule has 1 aliphatic rings. The van der Waals surface area contributed by atoms with Gasteiger partial charge in [-0.2, -0.15) is 0 Å². The van der Waals surface area contributed by atoms with Gasteiger partial charge < -0.3 is 9.64 Å². The lowest BCUT2D eigenvalue weighted by Crippen LogP contribution is -2.31. The highest BCUT2D eigenvalue weighted by Gasteiger charge is 2.26. The number of halogens is 1. The Morgan fingerprint density at radius 3 is 2.65 bits per heavy atom. The molecule has 1 unspecified atom stereocenters. The number of nitrogens with one attached hydrogen (secondary N) is 1. The van der Waals surface area contributed by atoms with Crippen molar-refractivity contribution >= 4 is 27.3 Å². The van der Waals surface area contributed by atoms with Crippen molar-refractivity contribution in [1.82, 2.24) is 4.72 Å². The van der Waals surface area contributed by atoms with E-state index in [1.165, 1.54) is 24.4 Å². The van der Waals surface area contributed by atoms with Crippen molar-refractivity contribution in [2.75, 3.05) is 31.6 Å². The Morgan fingerprint density at radius 1 is 1.23 bits per heavy atom. The van der Waals surface area contributed by atoms with Gasteiger partial charge in [0.1, 0.15) is 10.6 Å². The highest BCUT2D eigenvalue weighted by atomic mass is 35.5. The van der Waals surface area contributed by atoms with Gasteiger partial charge in [0.2, 0.25) is 10.0 Å². The second kappa shape index (κ2) is 7.86. The van der Waals surface area contributed by atoms with Crippen molar-refractivity contribution in [2.45, 2.75) is 18.2 Å². The van der Waals surface area contributed by atoms with E-state index in [0.29, 0.717) is 11.6 Å². The van der Waals surface area contributed by atoms with Gasteiger partial charge in [0.25, 0.3) is 0 Å². The van der Waals surface area contributed by atoms with Gasteiger partial charge in [0.05, 0.1) is 7.11 Å². The molecule has 140 valence electrons. The fourth-order valence-corrected chi connectivity index (χ4v) is 4.70. The lowest BCUT2D eigenvalue weighted by Gasteiger charge is -2.19. The van der Waals surface area contributed by atoms with Crippen LogP contribution in [0.5, 0.6) is 5.75 Å². The zero-order valence-electron chi connectivity index (χ0n) is 14.9. The fourth-order valence-electron chi connectivity index (χ4n) is 3.16. The van der Waals surface area contributed by atoms with Crippen molar-refractivity contribution in [3.8, 4) is 5.75 Å². The molecule has 0 amide bonds. The molecule has 0 aromatic heterocycles. The van der Waals surface area contributed by atoms with Crippen molar-refractivity contribution < 1.29 is 13.2 Å². The summed E-state index contributed by atoms with van der Waals surface area (Å²) in [7, 11) is -2.24. The summed E-state index contributed by atoms with van der Waals surface area (Å²) in [5.74, 6) is 0.547. The van der Waals surface area contributed by atoms with Gasteiger partial charge in [-0.25, -0.2) is 13.1 Å². The van der Waals surface area contributed by atoms with E-state index >= 15 is 0 Å². The minimum atomic E-state index is -3.68. The van der Waals surface area contributed by atoms with E-state index in [2.05, 4.69) is 40.8 Å². The van der Waals surface area contributed by atoms with Crippen molar-refractivity contribution in [3.63, 3.8) is 0 Å². The topological polar surface area (TPSA) is 58.6 Å². The molecule has 1 N–H and O–H groups in total. The summed E-state index contributed by atoms with van der Waals surface area (Å²) < 4.78 is 33.2. The average Bonchev–Trinajstić information content (AvgIpc) is 3.10. The monoisotopic (exact) mass is 394 g/mol. The molecule has 0 bridgehead atoms. The summed E-state index contributed by atoms with van der Waals surface area (Å²) in [4.78, 5) is 2.36. The Morgan fingerprint density at radius 2 is 1.96 bits per heavy atom. The first kappa shape index (κ1) is 19.0. The van der Waals surface area contributed by atoms with Crippen LogP contribution < -0.4 is 14.4 Å². The molecule has 0 radical (unpaired) electrons. The van der Waals surface area contributed by atoms with Gasteiger partial charge in [-0.15, -0.1) is 0 Å². The van der Waals surface area contributed by atoms with Gasteiger partial charge in [-0.1, -0.05) is 29.3 Å². The molecular formula is C19H23ClN2O3S. The van der Waals surface area contributed by atoms with Gasteiger partial charge in [0, 0.05) is 30.3 Å². The first-order valence-corrected chi connectivity index (χ1v) is 10.4. The molecule has 1 aliphatic heterocycles. The molecule has 2 aromatic rings. The maximum atomic E-state index is 12.6. The highest BCUT2D eigenvalue weighted by molar-refractivity contribution is 7.89. The number of nitrogens with zero attached hydrogens (tertiary/aromatic N) is 1. The predicted octanol–water partition coefficient (Wildman–Crippen LogP) is 3.46. The second-order valence-electron chi connectivity index (χ2n) is 6.58. The molecule has 5 nitrogen and oxygen atoms in total. The smallest absolute Gasteiger partial charge is 0.244 e. The molecular weight excluding hydrogens is 372 g/mol. The molecule has 1 fully saturated rings. The number of rotatable bonds is 6. The van der Waals surface area contributed by atoms with Crippen molar-refractivity contribution in [3.05, 3.63) is 53.1 Å². The predicted molar refractivity (Wildman–Crippen MR) is 105 cm³/mol. The Hall–Kier alpha value is -1.76. The van der Waals surface area contributed by atoms with E-state index in [-0.39, 0.29) is 16.6 Å². The first-order chi connectivity index (χ1) is 12.4. The Balaban J connectivity index is 1.64. The van der Waals surface area contributed by atoms with Crippen molar-refractivity contribution in [1.29, 1.82) is 0 Å². The minimum Gasteiger partial charge on any atom is -0.495 e. The number of sulfonamides is 1. The van der Waals surface area contributed by atoms with E-state index in [9.17, 15) is 8.42 Å². The van der Waals surface area contributed by atoms with Gasteiger partial charge in [-0.05, 0) is 49.6 Å². The standard InChI is InChI=1S/C19H23ClN2O3S/c1-14-3-6-17(7-4-14)22-10-9-15(13-22)12-21-26(23,24)19-11-16(20)5-8-18(19)25-2/h3-8,11,15,21H,9-10,12-13H2,1-2H3. The van der Waals surface area contributed by atoms with Crippen molar-refractivity contribution in [2.24, 2.45) is 5.92 Å². The third-order valence-corrected chi connectivity index (χ3v) is 6.34. The molecule has 3 rings (SSSR count). The molecule has 1 atom stereocenters. The fraction of sp³-hybridized carbons (Fsp3) is 0.368. The summed E-state index contributed by atoms with van der Waals surface area (Å²) in [6.45, 7) is 4.21. The maximum Gasteiger partial charge on any atom is 0.244 e. The molecule has 0 spiro atoms. The quantitative estimate of drug-likeness (QED) is 0.815. The third kappa shape index (κ3) is 4.31. The lowest BCUT2D eigenvalue weighted by atomic mass is 10.1. The number of anilines is 1. The van der Waals surface area contributed by atoms with Crippen LogP contribution in [0, 0.1) is 12.8 Å². The molecule has 0 saturated carbocycles. The molecule has 1 heterocycles. The molecule has 1 saturated heterocycles. The number of hydrogen-bond donors (Lipinski definition) is 1. The van der Waals surface area contributed by atoms with Crippen LogP contribution in [0.4, 0.5) is 5.69 Å². The molecule has 0 aliphatic carbocycles. The SMILES string of the molecule is COc1ccc(Cl)cc1S(=O)(=O)NCC1CCN(c2ccc(C)cc2)C1. The summed E-state index contributed by atoms with van der Waals surface area (Å²) in [6, 6.07) is 13.0. The van der Waals surface area contributed by atoms with E-state index in [0.717, 1.165) is 19.5 Å². The zero-order valence-corrected chi connectivity index (χ0v) is 16.5. The van der Waals surface area contributed by atoms with Crippen LogP contribution in [-0.2, 0) is 10.0 Å². The summed E-state index contributed by atoms with van der Waals surface area (Å²) in [6.07, 6.45) is 0.947. The number of methoxy groups -OCH3 is 1. The van der Waals surface area contributed by atoms with Gasteiger partial charge >= 0.3 is 0 Å². The van der Waals surface area contributed by atoms with Gasteiger partial charge in [0.15, 0.2) is 0 Å². The number of benzene rings is 2. The normalized spacial score (nSPS) is 17.5. The van der Waals surface area contributed by atoms with Crippen LogP contribution in [0.25, 0.3) is 0 Å². The molecule has 26 heavy (non-hydrogen) atoms. The summed E-state index contributed by atoms with van der Waals surface area (Å²) in [5, 5.41) is 0.359. The van der Waals surface area contributed by atoms with Crippen LogP contribution in [-0.4, -0.2) is 35.2 Å². The summed E-state index contributed by atoms with van der Waals surface area (Å²) >= 11 is 5.95. The zero-order chi connectivity index (χ0) is 18.7. The Bertz CT molecular complexity index is 869. The van der Waals surface area contributed by atoms with Crippen LogP contribution >= 0.6 is 11.6 Å². The van der Waals surface area contributed by atoms with E-state index in [1.807, 2.05) is 0 Å². The molecule has 2 aromatic carbocycles. The minimum absolute atomic E-state index is 0.0703. The Labute approximate surface area is 160 Å². The Kier molecular flexibility index (Phi) is 5.75. The summed E-state index contributed by atoms with van der Waals surface area (Å²) in [5.41, 5.74) is 2.41. The lowest BCUT2D eigenvalue weighted by molar-refractivity contribution is 0.402. The van der Waals surface area contributed by atoms with E-state index in [1.54, 1.807) is 12.1 Å². The maximum absolute atomic E-state index is 12.6. The largest absolute Gasteiger partial charge is 0.495 e. The van der Waals surface area contributed by atoms with Gasteiger partial charge in [-0.3, -0.25) is 0 Å². The van der Waals surface area contributed by atoms with Crippen LogP contribution in [0.2, 0.25) is 5.02 Å². The number of aryl methyl sites for hydroxylation is 1. The first-order valence-electron chi connectivity index (χ1n) is 8.54. The van der Waals surface area contributed by atoms with E-state index in [4.69, 9.17) is 16.3 Å². The van der Waals surface area contributed by atoms with E-state index < -0.39 is 10.0 Å². The average molecular weight is 395 g/mol. The number of ether oxygens (including phenoxy) is 1. The number of hydrogen-bond acceptors (Lipinski definition) is 4.